The zero-order valence-electron chi connectivity index (χ0n) is 4.74. The zero-order chi connectivity index (χ0) is 5.91. The van der Waals surface area contributed by atoms with Crippen LogP contribution in [0.25, 0.3) is 0 Å². The van der Waals surface area contributed by atoms with Crippen LogP contribution in [0.2, 0.25) is 0 Å². The van der Waals surface area contributed by atoms with E-state index in [9.17, 15) is 4.39 Å². The highest BCUT2D eigenvalue weighted by atomic mass is 19.1. The fraction of sp³-hybridized carbons (Fsp3) is 1.00. The number of hydrogen-bond acceptors (Lipinski definition) is 1. The van der Waals surface area contributed by atoms with Crippen LogP contribution >= 0.6 is 0 Å². The third-order valence-corrected chi connectivity index (χ3v) is 0.790. The number of halogens is 1. The average Bonchev–Trinajstić information content (AvgIpc) is 1.68. The topological polar surface area (TPSA) is 20.2 Å². The number of hydrogen-bond donors (Lipinski definition) is 1. The van der Waals surface area contributed by atoms with Gasteiger partial charge in [0.1, 0.15) is 0 Å². The lowest BCUT2D eigenvalue weighted by atomic mass is 9.98. The van der Waals surface area contributed by atoms with Gasteiger partial charge in [0.25, 0.3) is 0 Å². The molecule has 0 aliphatic carbocycles. The first kappa shape index (κ1) is 6.89. The molecule has 0 amide bonds. The standard InChI is InChI=1S/C5H11FO/c1-5(2,3-6)4-7/h7H,3-4H2,1-2H3. The Hall–Kier alpha value is -0.110. The highest BCUT2D eigenvalue weighted by Gasteiger charge is 2.14. The van der Waals surface area contributed by atoms with Crippen molar-refractivity contribution in [2.75, 3.05) is 13.3 Å². The Morgan fingerprint density at radius 3 is 2.00 bits per heavy atom. The summed E-state index contributed by atoms with van der Waals surface area (Å²) in [6.07, 6.45) is 0. The van der Waals surface area contributed by atoms with Crippen LogP contribution < -0.4 is 0 Å². The van der Waals surface area contributed by atoms with Crippen molar-refractivity contribution in [2.24, 2.45) is 5.41 Å². The van der Waals surface area contributed by atoms with Crippen LogP contribution in [0.3, 0.4) is 0 Å². The van der Waals surface area contributed by atoms with Crippen molar-refractivity contribution >= 4 is 0 Å². The molecule has 2 heteroatoms. The summed E-state index contributed by atoms with van der Waals surface area (Å²) in [6, 6.07) is 0. The molecule has 1 N–H and O–H groups in total. The van der Waals surface area contributed by atoms with Crippen LogP contribution in [0.1, 0.15) is 13.8 Å². The fourth-order valence-corrected chi connectivity index (χ4v) is 0.0423. The van der Waals surface area contributed by atoms with Crippen LogP contribution in [0.15, 0.2) is 0 Å². The van der Waals surface area contributed by atoms with E-state index in [1.165, 1.54) is 0 Å². The summed E-state index contributed by atoms with van der Waals surface area (Å²) < 4.78 is 11.6. The van der Waals surface area contributed by atoms with E-state index in [1.54, 1.807) is 13.8 Å². The van der Waals surface area contributed by atoms with Gasteiger partial charge in [-0.3, -0.25) is 4.39 Å². The van der Waals surface area contributed by atoms with Gasteiger partial charge in [-0.15, -0.1) is 0 Å². The number of rotatable bonds is 2. The first-order valence-corrected chi connectivity index (χ1v) is 2.29. The Balaban J connectivity index is 3.36. The van der Waals surface area contributed by atoms with Gasteiger partial charge >= 0.3 is 0 Å². The molecular formula is C5H11FO. The molecule has 0 saturated carbocycles. The van der Waals surface area contributed by atoms with Crippen molar-refractivity contribution in [1.82, 2.24) is 0 Å². The zero-order valence-corrected chi connectivity index (χ0v) is 4.74. The van der Waals surface area contributed by atoms with Crippen LogP contribution in [0.4, 0.5) is 4.39 Å². The molecule has 0 spiro atoms. The largest absolute Gasteiger partial charge is 0.396 e. The monoisotopic (exact) mass is 106 g/mol. The molecule has 0 bridgehead atoms. The molecule has 0 rings (SSSR count). The molecule has 0 radical (unpaired) electrons. The molecule has 0 atom stereocenters. The average molecular weight is 106 g/mol. The maximum atomic E-state index is 11.6. The molecule has 0 heterocycles. The SMILES string of the molecule is CC(C)(CO)CF. The van der Waals surface area contributed by atoms with Crippen molar-refractivity contribution in [3.05, 3.63) is 0 Å². The fourth-order valence-electron chi connectivity index (χ4n) is 0.0423. The molecular weight excluding hydrogens is 95.1 g/mol. The van der Waals surface area contributed by atoms with E-state index in [0.717, 1.165) is 0 Å². The van der Waals surface area contributed by atoms with E-state index < -0.39 is 12.1 Å². The second-order valence-corrected chi connectivity index (χ2v) is 2.46. The van der Waals surface area contributed by atoms with Gasteiger partial charge in [0.05, 0.1) is 13.3 Å². The summed E-state index contributed by atoms with van der Waals surface area (Å²) >= 11 is 0. The molecule has 0 unspecified atom stereocenters. The summed E-state index contributed by atoms with van der Waals surface area (Å²) in [7, 11) is 0. The van der Waals surface area contributed by atoms with E-state index in [-0.39, 0.29) is 6.61 Å². The number of aliphatic hydroxyl groups excluding tert-OH is 1. The Morgan fingerprint density at radius 2 is 2.00 bits per heavy atom. The van der Waals surface area contributed by atoms with Gasteiger partial charge in [-0.1, -0.05) is 13.8 Å². The third kappa shape index (κ3) is 2.57. The summed E-state index contributed by atoms with van der Waals surface area (Å²) in [4.78, 5) is 0. The minimum atomic E-state index is -0.528. The predicted molar refractivity (Wildman–Crippen MR) is 26.8 cm³/mol. The van der Waals surface area contributed by atoms with E-state index >= 15 is 0 Å². The Labute approximate surface area is 43.2 Å². The molecule has 0 aromatic rings. The molecule has 0 fully saturated rings. The number of aliphatic hydroxyl groups is 1. The first-order chi connectivity index (χ1) is 3.12. The summed E-state index contributed by atoms with van der Waals surface area (Å²) in [5.41, 5.74) is -0.528. The van der Waals surface area contributed by atoms with E-state index in [4.69, 9.17) is 5.11 Å². The Kier molecular flexibility index (Phi) is 2.23. The number of alkyl halides is 1. The van der Waals surface area contributed by atoms with Gasteiger partial charge in [-0.2, -0.15) is 0 Å². The molecule has 0 aliphatic heterocycles. The second-order valence-electron chi connectivity index (χ2n) is 2.46. The van der Waals surface area contributed by atoms with Crippen molar-refractivity contribution in [3.63, 3.8) is 0 Å². The smallest absolute Gasteiger partial charge is 0.0967 e. The molecule has 0 saturated heterocycles. The van der Waals surface area contributed by atoms with Crippen LogP contribution in [-0.4, -0.2) is 18.4 Å². The highest BCUT2D eigenvalue weighted by Crippen LogP contribution is 2.12. The molecule has 0 aliphatic rings. The maximum Gasteiger partial charge on any atom is 0.0967 e. The minimum absolute atomic E-state index is 0.0799. The molecule has 44 valence electrons. The lowest BCUT2D eigenvalue weighted by molar-refractivity contribution is 0.128. The quantitative estimate of drug-likeness (QED) is 0.556. The molecule has 0 aromatic heterocycles. The van der Waals surface area contributed by atoms with E-state index in [1.807, 2.05) is 0 Å². The predicted octanol–water partition coefficient (Wildman–Crippen LogP) is 0.974. The van der Waals surface area contributed by atoms with Crippen LogP contribution in [-0.2, 0) is 0 Å². The van der Waals surface area contributed by atoms with Crippen molar-refractivity contribution < 1.29 is 9.50 Å². The van der Waals surface area contributed by atoms with Gasteiger partial charge in [-0.25, -0.2) is 0 Å². The highest BCUT2D eigenvalue weighted by molar-refractivity contribution is 4.63. The van der Waals surface area contributed by atoms with Crippen LogP contribution in [0, 0.1) is 5.41 Å². The van der Waals surface area contributed by atoms with Gasteiger partial charge in [0.15, 0.2) is 0 Å². The lowest BCUT2D eigenvalue weighted by Gasteiger charge is -2.14. The van der Waals surface area contributed by atoms with Gasteiger partial charge in [0.2, 0.25) is 0 Å². The molecule has 0 aromatic carbocycles. The van der Waals surface area contributed by atoms with Crippen molar-refractivity contribution in [3.8, 4) is 0 Å². The summed E-state index contributed by atoms with van der Waals surface area (Å²) in [5.74, 6) is 0. The van der Waals surface area contributed by atoms with Crippen molar-refractivity contribution in [1.29, 1.82) is 0 Å². The van der Waals surface area contributed by atoms with Crippen molar-refractivity contribution in [2.45, 2.75) is 13.8 Å². The Bertz CT molecular complexity index is 46.0. The van der Waals surface area contributed by atoms with Gasteiger partial charge in [-0.05, 0) is 0 Å². The lowest BCUT2D eigenvalue weighted by Crippen LogP contribution is -2.18. The first-order valence-electron chi connectivity index (χ1n) is 2.29. The van der Waals surface area contributed by atoms with E-state index in [2.05, 4.69) is 0 Å². The molecule has 7 heavy (non-hydrogen) atoms. The summed E-state index contributed by atoms with van der Waals surface area (Å²) in [6.45, 7) is 2.81. The van der Waals surface area contributed by atoms with E-state index in [0.29, 0.717) is 0 Å². The normalized spacial score (nSPS) is 12.0. The second kappa shape index (κ2) is 2.26. The minimum Gasteiger partial charge on any atom is -0.396 e. The third-order valence-electron chi connectivity index (χ3n) is 0.790. The van der Waals surface area contributed by atoms with Gasteiger partial charge < -0.3 is 5.11 Å². The maximum absolute atomic E-state index is 11.6. The summed E-state index contributed by atoms with van der Waals surface area (Å²) in [5, 5.41) is 8.35. The van der Waals surface area contributed by atoms with Gasteiger partial charge in [0, 0.05) is 5.41 Å². The Morgan fingerprint density at radius 1 is 1.57 bits per heavy atom. The molecule has 1 nitrogen and oxygen atoms in total. The van der Waals surface area contributed by atoms with Crippen LogP contribution in [0.5, 0.6) is 0 Å².